The number of rotatable bonds is 10. The van der Waals surface area contributed by atoms with Gasteiger partial charge in [-0.1, -0.05) is 70.7 Å². The molecular formula is C31H36BrN3O4S. The minimum atomic E-state index is -4.09. The van der Waals surface area contributed by atoms with E-state index in [-0.39, 0.29) is 23.4 Å². The lowest BCUT2D eigenvalue weighted by Gasteiger charge is -2.33. The van der Waals surface area contributed by atoms with Crippen molar-refractivity contribution in [3.63, 3.8) is 0 Å². The maximum absolute atomic E-state index is 14.1. The van der Waals surface area contributed by atoms with Gasteiger partial charge in [-0.3, -0.25) is 13.9 Å². The minimum absolute atomic E-state index is 0.0892. The van der Waals surface area contributed by atoms with Crippen LogP contribution in [-0.4, -0.2) is 43.8 Å². The van der Waals surface area contributed by atoms with Crippen molar-refractivity contribution in [1.82, 2.24) is 10.2 Å². The molecule has 9 heteroatoms. The number of aryl methyl sites for hydroxylation is 2. The highest BCUT2D eigenvalue weighted by Gasteiger charge is 2.33. The number of benzene rings is 3. The second-order valence-electron chi connectivity index (χ2n) is 10.4. The van der Waals surface area contributed by atoms with Crippen molar-refractivity contribution in [1.29, 1.82) is 0 Å². The summed E-state index contributed by atoms with van der Waals surface area (Å²) in [6, 6.07) is 20.3. The molecule has 1 aliphatic carbocycles. The van der Waals surface area contributed by atoms with Crippen LogP contribution < -0.4 is 9.62 Å². The van der Waals surface area contributed by atoms with Crippen LogP contribution >= 0.6 is 15.9 Å². The van der Waals surface area contributed by atoms with E-state index < -0.39 is 28.5 Å². The molecule has 3 aromatic rings. The van der Waals surface area contributed by atoms with Gasteiger partial charge in [0.15, 0.2) is 0 Å². The molecule has 212 valence electrons. The molecule has 4 rings (SSSR count). The van der Waals surface area contributed by atoms with E-state index in [1.54, 1.807) is 55.5 Å². The lowest BCUT2D eigenvalue weighted by molar-refractivity contribution is -0.139. The summed E-state index contributed by atoms with van der Waals surface area (Å²) in [6.45, 7) is 5.28. The van der Waals surface area contributed by atoms with Crippen molar-refractivity contribution in [2.75, 3.05) is 10.8 Å². The van der Waals surface area contributed by atoms with Gasteiger partial charge in [0.25, 0.3) is 10.0 Å². The Bertz CT molecular complexity index is 1440. The van der Waals surface area contributed by atoms with Crippen LogP contribution in [-0.2, 0) is 26.2 Å². The topological polar surface area (TPSA) is 86.8 Å². The van der Waals surface area contributed by atoms with E-state index in [9.17, 15) is 18.0 Å². The molecule has 1 N–H and O–H groups in total. The fourth-order valence-corrected chi connectivity index (χ4v) is 6.60. The maximum Gasteiger partial charge on any atom is 0.264 e. The smallest absolute Gasteiger partial charge is 0.264 e. The Balaban J connectivity index is 1.69. The summed E-state index contributed by atoms with van der Waals surface area (Å²) in [7, 11) is -4.09. The highest BCUT2D eigenvalue weighted by Crippen LogP contribution is 2.27. The molecule has 1 aliphatic rings. The molecule has 0 aliphatic heterocycles. The van der Waals surface area contributed by atoms with E-state index in [1.165, 1.54) is 4.90 Å². The Morgan fingerprint density at radius 2 is 1.57 bits per heavy atom. The second kappa shape index (κ2) is 13.0. The van der Waals surface area contributed by atoms with Gasteiger partial charge in [0.1, 0.15) is 12.6 Å². The third-order valence-corrected chi connectivity index (χ3v) is 9.79. The molecule has 0 bridgehead atoms. The number of carbonyl (C=O) groups is 2. The Hall–Kier alpha value is -3.17. The first-order chi connectivity index (χ1) is 19.1. The summed E-state index contributed by atoms with van der Waals surface area (Å²) in [5.74, 6) is -0.693. The molecule has 2 amide bonds. The molecule has 0 aromatic heterocycles. The third kappa shape index (κ3) is 7.12. The van der Waals surface area contributed by atoms with E-state index in [4.69, 9.17) is 0 Å². The van der Waals surface area contributed by atoms with Gasteiger partial charge in [-0.15, -0.1) is 0 Å². The van der Waals surface area contributed by atoms with Crippen molar-refractivity contribution in [2.24, 2.45) is 0 Å². The first-order valence-electron chi connectivity index (χ1n) is 13.6. The number of hydrogen-bond donors (Lipinski definition) is 1. The normalized spacial score (nSPS) is 14.5. The van der Waals surface area contributed by atoms with Gasteiger partial charge < -0.3 is 10.2 Å². The molecule has 0 spiro atoms. The number of anilines is 1. The van der Waals surface area contributed by atoms with Crippen LogP contribution in [0.2, 0.25) is 0 Å². The SMILES string of the molecule is Cc1ccc(S(=O)(=O)N(CC(=O)N(Cc2ccccc2C)C(C)C(=O)NC2CCCC2)c2ccc(Br)cc2)cc1. The molecule has 0 radical (unpaired) electrons. The maximum atomic E-state index is 14.1. The summed E-state index contributed by atoms with van der Waals surface area (Å²) in [5, 5.41) is 3.10. The van der Waals surface area contributed by atoms with Gasteiger partial charge in [-0.2, -0.15) is 0 Å². The van der Waals surface area contributed by atoms with Crippen molar-refractivity contribution in [3.8, 4) is 0 Å². The van der Waals surface area contributed by atoms with Crippen molar-refractivity contribution in [2.45, 2.75) is 70.0 Å². The molecule has 1 fully saturated rings. The highest BCUT2D eigenvalue weighted by molar-refractivity contribution is 9.10. The number of amides is 2. The number of carbonyl (C=O) groups excluding carboxylic acids is 2. The van der Waals surface area contributed by atoms with Gasteiger partial charge >= 0.3 is 0 Å². The molecule has 0 saturated heterocycles. The molecule has 7 nitrogen and oxygen atoms in total. The van der Waals surface area contributed by atoms with Gasteiger partial charge in [-0.25, -0.2) is 8.42 Å². The number of nitrogens with zero attached hydrogens (tertiary/aromatic N) is 2. The Kier molecular flexibility index (Phi) is 9.68. The average molecular weight is 627 g/mol. The summed E-state index contributed by atoms with van der Waals surface area (Å²) >= 11 is 3.40. The van der Waals surface area contributed by atoms with Gasteiger partial charge in [0, 0.05) is 17.1 Å². The van der Waals surface area contributed by atoms with E-state index in [0.29, 0.717) is 5.69 Å². The Morgan fingerprint density at radius 3 is 2.20 bits per heavy atom. The Morgan fingerprint density at radius 1 is 0.950 bits per heavy atom. The van der Waals surface area contributed by atoms with Crippen molar-refractivity contribution >= 4 is 43.5 Å². The number of hydrogen-bond acceptors (Lipinski definition) is 4. The molecule has 1 unspecified atom stereocenters. The highest BCUT2D eigenvalue weighted by atomic mass is 79.9. The monoisotopic (exact) mass is 625 g/mol. The molecule has 1 atom stereocenters. The predicted octanol–water partition coefficient (Wildman–Crippen LogP) is 5.74. The second-order valence-corrected chi connectivity index (χ2v) is 13.2. The van der Waals surface area contributed by atoms with Crippen LogP contribution in [0, 0.1) is 13.8 Å². The molecule has 40 heavy (non-hydrogen) atoms. The molecule has 3 aromatic carbocycles. The van der Waals surface area contributed by atoms with E-state index in [1.807, 2.05) is 38.1 Å². The zero-order chi connectivity index (χ0) is 28.9. The zero-order valence-electron chi connectivity index (χ0n) is 23.1. The average Bonchev–Trinajstić information content (AvgIpc) is 3.44. The molecule has 1 saturated carbocycles. The quantitative estimate of drug-likeness (QED) is 0.311. The lowest BCUT2D eigenvalue weighted by Crippen LogP contribution is -2.52. The first-order valence-corrected chi connectivity index (χ1v) is 15.8. The van der Waals surface area contributed by atoms with Gasteiger partial charge in [-0.05, 0) is 81.1 Å². The van der Waals surface area contributed by atoms with Crippen LogP contribution in [0.5, 0.6) is 0 Å². The van der Waals surface area contributed by atoms with Crippen LogP contribution in [0.1, 0.15) is 49.3 Å². The van der Waals surface area contributed by atoms with Gasteiger partial charge in [0.2, 0.25) is 11.8 Å². The minimum Gasteiger partial charge on any atom is -0.352 e. The fraction of sp³-hybridized carbons (Fsp3) is 0.355. The van der Waals surface area contributed by atoms with Crippen molar-refractivity contribution in [3.05, 3.63) is 94.0 Å². The lowest BCUT2D eigenvalue weighted by atomic mass is 10.1. The number of nitrogens with one attached hydrogen (secondary N) is 1. The summed E-state index contributed by atoms with van der Waals surface area (Å²) in [4.78, 5) is 29.0. The van der Waals surface area contributed by atoms with E-state index in [2.05, 4.69) is 21.2 Å². The molecule has 0 heterocycles. The van der Waals surface area contributed by atoms with Crippen molar-refractivity contribution < 1.29 is 18.0 Å². The van der Waals surface area contributed by atoms with Crippen LogP contribution in [0.25, 0.3) is 0 Å². The zero-order valence-corrected chi connectivity index (χ0v) is 25.5. The Labute approximate surface area is 245 Å². The summed E-state index contributed by atoms with van der Waals surface area (Å²) in [6.07, 6.45) is 4.00. The standard InChI is InChI=1S/C31H36BrN3O4S/c1-22-12-18-29(19-13-22)40(38,39)35(28-16-14-26(32)15-17-28)21-30(36)34(20-25-9-5-4-8-23(25)2)24(3)31(37)33-27-10-6-7-11-27/h4-5,8-9,12-19,24,27H,6-7,10-11,20-21H2,1-3H3,(H,33,37). The third-order valence-electron chi connectivity index (χ3n) is 7.47. The predicted molar refractivity (Wildman–Crippen MR) is 161 cm³/mol. The van der Waals surface area contributed by atoms with Crippen LogP contribution in [0.3, 0.4) is 0 Å². The number of sulfonamides is 1. The number of halogens is 1. The summed E-state index contributed by atoms with van der Waals surface area (Å²) < 4.78 is 29.7. The summed E-state index contributed by atoms with van der Waals surface area (Å²) in [5.41, 5.74) is 3.17. The van der Waals surface area contributed by atoms with Gasteiger partial charge in [0.05, 0.1) is 10.6 Å². The first kappa shape index (κ1) is 29.8. The molecular weight excluding hydrogens is 590 g/mol. The van der Waals surface area contributed by atoms with Crippen LogP contribution in [0.4, 0.5) is 5.69 Å². The fourth-order valence-electron chi connectivity index (χ4n) is 4.92. The van der Waals surface area contributed by atoms with E-state index >= 15 is 0 Å². The van der Waals surface area contributed by atoms with Crippen LogP contribution in [0.15, 0.2) is 82.2 Å². The van der Waals surface area contributed by atoms with E-state index in [0.717, 1.165) is 51.2 Å². The largest absolute Gasteiger partial charge is 0.352 e.